The Morgan fingerprint density at radius 3 is 2.40 bits per heavy atom. The van der Waals surface area contributed by atoms with Gasteiger partial charge in [-0.25, -0.2) is 8.42 Å². The molecule has 20 heavy (non-hydrogen) atoms. The molecule has 0 unspecified atom stereocenters. The smallest absolute Gasteiger partial charge is 0.326 e. The molecule has 0 bridgehead atoms. The maximum absolute atomic E-state index is 12.1. The average Bonchev–Trinajstić information content (AvgIpc) is 3.11. The maximum atomic E-state index is 12.1. The van der Waals surface area contributed by atoms with Crippen LogP contribution in [0.3, 0.4) is 0 Å². The molecule has 0 aliphatic heterocycles. The van der Waals surface area contributed by atoms with Crippen molar-refractivity contribution in [3.8, 4) is 6.07 Å². The van der Waals surface area contributed by atoms with Gasteiger partial charge >= 0.3 is 5.97 Å². The molecule has 0 radical (unpaired) electrons. The number of halogens is 1. The van der Waals surface area contributed by atoms with Crippen LogP contribution in [0, 0.1) is 16.7 Å². The Balaban J connectivity index is 2.54. The Morgan fingerprint density at radius 1 is 1.45 bits per heavy atom. The Hall–Kier alpha value is -1.39. The van der Waals surface area contributed by atoms with E-state index in [0.29, 0.717) is 5.56 Å². The molecular weight excluding hydrogens is 346 g/mol. The summed E-state index contributed by atoms with van der Waals surface area (Å²) in [6.07, 6.45) is 0. The molecule has 3 atom stereocenters. The van der Waals surface area contributed by atoms with E-state index in [4.69, 9.17) is 0 Å². The SMILES string of the molecule is CCS(=O)(=O)[C@H]1[C@H](c2ccc(Br)cc2)[C@@]1(C#N)C(=O)O. The monoisotopic (exact) mass is 357 g/mol. The van der Waals surface area contributed by atoms with Crippen LogP contribution in [0.25, 0.3) is 0 Å². The van der Waals surface area contributed by atoms with Crippen LogP contribution in [-0.4, -0.2) is 30.5 Å². The van der Waals surface area contributed by atoms with Crippen molar-refractivity contribution in [2.75, 3.05) is 5.75 Å². The zero-order valence-corrected chi connectivity index (χ0v) is 13.0. The number of nitriles is 1. The van der Waals surface area contributed by atoms with Crippen molar-refractivity contribution < 1.29 is 18.3 Å². The van der Waals surface area contributed by atoms with E-state index in [-0.39, 0.29) is 5.75 Å². The number of sulfone groups is 1. The molecule has 1 aromatic carbocycles. The molecule has 2 rings (SSSR count). The molecule has 0 saturated heterocycles. The van der Waals surface area contributed by atoms with Gasteiger partial charge in [-0.05, 0) is 17.7 Å². The summed E-state index contributed by atoms with van der Waals surface area (Å²) in [6.45, 7) is 1.45. The minimum atomic E-state index is -3.61. The first-order chi connectivity index (χ1) is 9.31. The third-order valence-electron chi connectivity index (χ3n) is 3.69. The van der Waals surface area contributed by atoms with Crippen LogP contribution in [0.15, 0.2) is 28.7 Å². The summed E-state index contributed by atoms with van der Waals surface area (Å²) in [5.74, 6) is -2.38. The summed E-state index contributed by atoms with van der Waals surface area (Å²) in [6, 6.07) is 8.41. The van der Waals surface area contributed by atoms with E-state index in [1.54, 1.807) is 30.3 Å². The number of hydrogen-bond acceptors (Lipinski definition) is 4. The number of rotatable bonds is 4. The topological polar surface area (TPSA) is 95.2 Å². The molecule has 5 nitrogen and oxygen atoms in total. The van der Waals surface area contributed by atoms with E-state index in [0.717, 1.165) is 4.47 Å². The lowest BCUT2D eigenvalue weighted by Gasteiger charge is -2.02. The summed E-state index contributed by atoms with van der Waals surface area (Å²) in [7, 11) is -3.61. The van der Waals surface area contributed by atoms with Gasteiger partial charge in [-0.1, -0.05) is 35.0 Å². The van der Waals surface area contributed by atoms with Gasteiger partial charge in [0.2, 0.25) is 0 Å². The number of carboxylic acids is 1. The molecule has 0 amide bonds. The largest absolute Gasteiger partial charge is 0.480 e. The molecular formula is C13H12BrNO4S. The third kappa shape index (κ3) is 2.03. The summed E-state index contributed by atoms with van der Waals surface area (Å²) in [4.78, 5) is 11.4. The van der Waals surface area contributed by atoms with Crippen LogP contribution in [0.5, 0.6) is 0 Å². The number of aliphatic carboxylic acids is 1. The first-order valence-electron chi connectivity index (χ1n) is 5.93. The van der Waals surface area contributed by atoms with Gasteiger partial charge in [0.05, 0.1) is 6.07 Å². The fraction of sp³-hybridized carbons (Fsp3) is 0.385. The van der Waals surface area contributed by atoms with Gasteiger partial charge in [0.25, 0.3) is 0 Å². The lowest BCUT2D eigenvalue weighted by atomic mass is 10.0. The Morgan fingerprint density at radius 2 is 2.00 bits per heavy atom. The molecule has 1 aliphatic carbocycles. The van der Waals surface area contributed by atoms with E-state index in [1.807, 2.05) is 0 Å². The zero-order valence-electron chi connectivity index (χ0n) is 10.6. The fourth-order valence-corrected chi connectivity index (χ4v) is 4.77. The van der Waals surface area contributed by atoms with Crippen LogP contribution in [0.1, 0.15) is 18.4 Å². The Kier molecular flexibility index (Phi) is 3.65. The zero-order chi connectivity index (χ0) is 15.1. The van der Waals surface area contributed by atoms with Gasteiger partial charge < -0.3 is 5.11 Å². The van der Waals surface area contributed by atoms with Crippen LogP contribution in [0.2, 0.25) is 0 Å². The second-order valence-corrected chi connectivity index (χ2v) is 8.01. The normalized spacial score (nSPS) is 28.6. The van der Waals surface area contributed by atoms with Crippen molar-refractivity contribution in [2.24, 2.45) is 5.41 Å². The van der Waals surface area contributed by atoms with Crippen LogP contribution in [-0.2, 0) is 14.6 Å². The minimum absolute atomic E-state index is 0.179. The van der Waals surface area contributed by atoms with Gasteiger partial charge in [0.1, 0.15) is 5.25 Å². The van der Waals surface area contributed by atoms with Gasteiger partial charge in [0, 0.05) is 16.1 Å². The van der Waals surface area contributed by atoms with Crippen molar-refractivity contribution in [1.82, 2.24) is 0 Å². The number of nitrogens with zero attached hydrogens (tertiary/aromatic N) is 1. The van der Waals surface area contributed by atoms with Crippen molar-refractivity contribution in [3.63, 3.8) is 0 Å². The summed E-state index contributed by atoms with van der Waals surface area (Å²) in [5, 5.41) is 17.4. The first kappa shape index (κ1) is 15.0. The van der Waals surface area contributed by atoms with Gasteiger partial charge in [-0.15, -0.1) is 0 Å². The first-order valence-corrected chi connectivity index (χ1v) is 8.43. The minimum Gasteiger partial charge on any atom is -0.480 e. The van der Waals surface area contributed by atoms with Crippen molar-refractivity contribution in [1.29, 1.82) is 5.26 Å². The fourth-order valence-electron chi connectivity index (χ4n) is 2.57. The number of carboxylic acid groups (broad SMARTS) is 1. The summed E-state index contributed by atoms with van der Waals surface area (Å²) in [5.41, 5.74) is -1.32. The van der Waals surface area contributed by atoms with E-state index in [2.05, 4.69) is 15.9 Å². The lowest BCUT2D eigenvalue weighted by Crippen LogP contribution is -2.23. The third-order valence-corrected chi connectivity index (χ3v) is 6.44. The second kappa shape index (κ2) is 4.86. The highest BCUT2D eigenvalue weighted by Crippen LogP contribution is 2.63. The maximum Gasteiger partial charge on any atom is 0.326 e. The molecule has 7 heteroatoms. The van der Waals surface area contributed by atoms with Crippen molar-refractivity contribution in [3.05, 3.63) is 34.3 Å². The van der Waals surface area contributed by atoms with E-state index in [9.17, 15) is 23.6 Å². The average molecular weight is 358 g/mol. The Labute approximate surface area is 125 Å². The molecule has 1 saturated carbocycles. The van der Waals surface area contributed by atoms with Gasteiger partial charge in [-0.2, -0.15) is 5.26 Å². The highest BCUT2D eigenvalue weighted by atomic mass is 79.9. The summed E-state index contributed by atoms with van der Waals surface area (Å²) >= 11 is 3.26. The van der Waals surface area contributed by atoms with Gasteiger partial charge in [0.15, 0.2) is 15.3 Å². The molecule has 1 aromatic rings. The highest BCUT2D eigenvalue weighted by molar-refractivity contribution is 9.10. The molecule has 106 valence electrons. The van der Waals surface area contributed by atoms with E-state index in [1.165, 1.54) is 6.92 Å². The lowest BCUT2D eigenvalue weighted by molar-refractivity contribution is -0.141. The standard InChI is InChI=1S/C13H12BrNO4S/c1-2-20(18,19)11-10(13(11,7-15)12(16)17)8-3-5-9(14)6-4-8/h3-6,10-11H,2H2,1H3,(H,16,17)/t10-,11-,13+/m0/s1. The summed E-state index contributed by atoms with van der Waals surface area (Å²) < 4.78 is 24.9. The van der Waals surface area contributed by atoms with Crippen LogP contribution in [0.4, 0.5) is 0 Å². The Bertz CT molecular complexity index is 692. The van der Waals surface area contributed by atoms with Gasteiger partial charge in [-0.3, -0.25) is 4.79 Å². The molecule has 1 fully saturated rings. The second-order valence-electron chi connectivity index (χ2n) is 4.69. The highest BCUT2D eigenvalue weighted by Gasteiger charge is 2.76. The molecule has 1 N–H and O–H groups in total. The van der Waals surface area contributed by atoms with Crippen LogP contribution >= 0.6 is 15.9 Å². The molecule has 0 heterocycles. The van der Waals surface area contributed by atoms with Crippen molar-refractivity contribution >= 4 is 31.7 Å². The number of carbonyl (C=O) groups is 1. The molecule has 1 aliphatic rings. The number of benzene rings is 1. The number of hydrogen-bond donors (Lipinski definition) is 1. The molecule has 0 spiro atoms. The van der Waals surface area contributed by atoms with Crippen LogP contribution < -0.4 is 0 Å². The molecule has 0 aromatic heterocycles. The quantitative estimate of drug-likeness (QED) is 0.888. The predicted octanol–water partition coefficient (Wildman–Crippen LogP) is 1.94. The van der Waals surface area contributed by atoms with Crippen molar-refractivity contribution in [2.45, 2.75) is 18.1 Å². The van der Waals surface area contributed by atoms with E-state index >= 15 is 0 Å². The predicted molar refractivity (Wildman–Crippen MR) is 75.8 cm³/mol. The van der Waals surface area contributed by atoms with E-state index < -0.39 is 32.4 Å².